The van der Waals surface area contributed by atoms with E-state index in [1.165, 1.54) is 0 Å². The number of rotatable bonds is 2. The normalized spacial score (nSPS) is 10.0. The van der Waals surface area contributed by atoms with Crippen LogP contribution in [0.4, 0.5) is 0 Å². The van der Waals surface area contributed by atoms with Crippen LogP contribution in [-0.4, -0.2) is 11.9 Å². The molecule has 0 saturated heterocycles. The first-order valence-corrected chi connectivity index (χ1v) is 5.85. The summed E-state index contributed by atoms with van der Waals surface area (Å²) in [6, 6.07) is 3.65. The maximum atomic E-state index is 11.8. The Morgan fingerprint density at radius 1 is 0.708 bits per heavy atom. The maximum absolute atomic E-state index is 11.8. The van der Waals surface area contributed by atoms with Crippen molar-refractivity contribution in [3.63, 3.8) is 0 Å². The summed E-state index contributed by atoms with van der Waals surface area (Å²) in [5.41, 5.74) is -1.74. The van der Waals surface area contributed by atoms with Gasteiger partial charge in [0.25, 0.3) is 0 Å². The van der Waals surface area contributed by atoms with Crippen LogP contribution in [0, 0.1) is 0 Å². The standard InChI is InChI=1S/C14H6O8.2Na/c15-7-2-11(13(17)18)21-9-4-10-6(1-5(7)9)8(16)3-12(22-10)14(19)20;;/h1-4H,(H,17,18)(H,19,20);;/q;2*+1/p-2. The Bertz CT molecular complexity index is 997. The smallest absolute Gasteiger partial charge is 0.542 e. The summed E-state index contributed by atoms with van der Waals surface area (Å²) in [4.78, 5) is 45.2. The summed E-state index contributed by atoms with van der Waals surface area (Å²) in [5, 5.41) is 21.4. The van der Waals surface area contributed by atoms with Gasteiger partial charge >= 0.3 is 59.1 Å². The fraction of sp³-hybridized carbons (Fsp3) is 0. The fourth-order valence-corrected chi connectivity index (χ4v) is 2.01. The van der Waals surface area contributed by atoms with Gasteiger partial charge in [0, 0.05) is 18.2 Å². The molecular formula is C14H4Na2O8. The first kappa shape index (κ1) is 20.6. The SMILES string of the molecule is O=C([O-])c1cc(=O)c2cc3c(=O)cc(C(=O)[O-])oc3cc2o1.[Na+].[Na+]. The van der Waals surface area contributed by atoms with Crippen LogP contribution in [-0.2, 0) is 0 Å². The predicted octanol–water partition coefficient (Wildman–Crippen LogP) is -7.37. The molecule has 2 aromatic heterocycles. The second-order valence-electron chi connectivity index (χ2n) is 4.37. The number of carbonyl (C=O) groups is 2. The maximum Gasteiger partial charge on any atom is 1.00 e. The molecule has 2 heterocycles. The number of hydrogen-bond acceptors (Lipinski definition) is 8. The van der Waals surface area contributed by atoms with Crippen LogP contribution in [0.1, 0.15) is 21.1 Å². The summed E-state index contributed by atoms with van der Waals surface area (Å²) in [7, 11) is 0. The number of fused-ring (bicyclic) bond motifs is 2. The monoisotopic (exact) mass is 346 g/mol. The van der Waals surface area contributed by atoms with Crippen molar-refractivity contribution in [3.05, 3.63) is 56.2 Å². The Morgan fingerprint density at radius 2 is 1.08 bits per heavy atom. The first-order chi connectivity index (χ1) is 10.4. The van der Waals surface area contributed by atoms with Gasteiger partial charge in [0.2, 0.25) is 0 Å². The predicted molar refractivity (Wildman–Crippen MR) is 67.2 cm³/mol. The fourth-order valence-electron chi connectivity index (χ4n) is 2.01. The molecule has 0 radical (unpaired) electrons. The van der Waals surface area contributed by atoms with E-state index in [2.05, 4.69) is 0 Å². The molecule has 0 atom stereocenters. The summed E-state index contributed by atoms with van der Waals surface area (Å²) >= 11 is 0. The van der Waals surface area contributed by atoms with Crippen LogP contribution in [0.3, 0.4) is 0 Å². The molecule has 3 rings (SSSR count). The van der Waals surface area contributed by atoms with Gasteiger partial charge in [0.15, 0.2) is 22.4 Å². The van der Waals surface area contributed by atoms with Crippen LogP contribution in [0.5, 0.6) is 0 Å². The second kappa shape index (κ2) is 7.64. The molecular weight excluding hydrogens is 342 g/mol. The first-order valence-electron chi connectivity index (χ1n) is 5.85. The van der Waals surface area contributed by atoms with E-state index < -0.39 is 34.3 Å². The van der Waals surface area contributed by atoms with Crippen molar-refractivity contribution in [3.8, 4) is 0 Å². The van der Waals surface area contributed by atoms with Crippen molar-refractivity contribution >= 4 is 33.9 Å². The van der Waals surface area contributed by atoms with Gasteiger partial charge in [-0.1, -0.05) is 0 Å². The molecule has 0 fully saturated rings. The van der Waals surface area contributed by atoms with Crippen molar-refractivity contribution < 1.29 is 87.8 Å². The number of aromatic carboxylic acids is 2. The van der Waals surface area contributed by atoms with E-state index >= 15 is 0 Å². The van der Waals surface area contributed by atoms with Crippen molar-refractivity contribution in [2.45, 2.75) is 0 Å². The van der Waals surface area contributed by atoms with Gasteiger partial charge in [-0.15, -0.1) is 0 Å². The molecule has 0 aliphatic rings. The van der Waals surface area contributed by atoms with Crippen molar-refractivity contribution in [2.75, 3.05) is 0 Å². The van der Waals surface area contributed by atoms with Crippen molar-refractivity contribution in [1.29, 1.82) is 0 Å². The zero-order chi connectivity index (χ0) is 16.0. The third-order valence-electron chi connectivity index (χ3n) is 2.98. The molecule has 0 unspecified atom stereocenters. The molecule has 1 aromatic carbocycles. The zero-order valence-corrected chi connectivity index (χ0v) is 16.6. The molecule has 0 bridgehead atoms. The van der Waals surface area contributed by atoms with E-state index in [1.807, 2.05) is 0 Å². The van der Waals surface area contributed by atoms with Crippen LogP contribution >= 0.6 is 0 Å². The molecule has 0 saturated carbocycles. The summed E-state index contributed by atoms with van der Waals surface area (Å²) in [6.45, 7) is 0. The van der Waals surface area contributed by atoms with Gasteiger partial charge in [0.05, 0.1) is 10.8 Å². The Kier molecular flexibility index (Phi) is 6.57. The molecule has 0 aliphatic carbocycles. The van der Waals surface area contributed by atoms with E-state index in [0.29, 0.717) is 0 Å². The number of carboxylic acid groups (broad SMARTS) is 2. The Hall–Kier alpha value is -1.42. The quantitative estimate of drug-likeness (QED) is 0.329. The average Bonchev–Trinajstić information content (AvgIpc) is 2.45. The van der Waals surface area contributed by atoms with Crippen LogP contribution in [0.2, 0.25) is 0 Å². The number of carboxylic acids is 2. The molecule has 0 aliphatic heterocycles. The van der Waals surface area contributed by atoms with Gasteiger partial charge in [-0.05, 0) is 6.07 Å². The van der Waals surface area contributed by atoms with Crippen LogP contribution in [0.15, 0.2) is 42.7 Å². The van der Waals surface area contributed by atoms with Crippen LogP contribution < -0.4 is 80.2 Å². The average molecular weight is 346 g/mol. The summed E-state index contributed by atoms with van der Waals surface area (Å²) in [5.74, 6) is -4.78. The van der Waals surface area contributed by atoms with E-state index in [9.17, 15) is 29.4 Å². The molecule has 24 heavy (non-hydrogen) atoms. The molecule has 0 spiro atoms. The largest absolute Gasteiger partial charge is 1.00 e. The Balaban J connectivity index is 0.00000144. The van der Waals surface area contributed by atoms with Crippen molar-refractivity contribution in [2.24, 2.45) is 0 Å². The Morgan fingerprint density at radius 3 is 1.42 bits per heavy atom. The topological polar surface area (TPSA) is 141 Å². The molecule has 10 heteroatoms. The molecule has 0 N–H and O–H groups in total. The zero-order valence-electron chi connectivity index (χ0n) is 12.6. The van der Waals surface area contributed by atoms with Gasteiger partial charge in [-0.3, -0.25) is 9.59 Å². The third kappa shape index (κ3) is 3.64. The third-order valence-corrected chi connectivity index (χ3v) is 2.98. The number of carbonyl (C=O) groups excluding carboxylic acids is 2. The van der Waals surface area contributed by atoms with E-state index in [1.54, 1.807) is 0 Å². The summed E-state index contributed by atoms with van der Waals surface area (Å²) in [6.07, 6.45) is 0. The molecule has 3 aromatic rings. The molecule has 0 amide bonds. The molecule has 110 valence electrons. The van der Waals surface area contributed by atoms with Gasteiger partial charge in [-0.2, -0.15) is 0 Å². The minimum Gasteiger partial charge on any atom is -0.542 e. The second-order valence-corrected chi connectivity index (χ2v) is 4.37. The van der Waals surface area contributed by atoms with Crippen LogP contribution in [0.25, 0.3) is 21.9 Å². The number of hydrogen-bond donors (Lipinski definition) is 0. The summed E-state index contributed by atoms with van der Waals surface area (Å²) < 4.78 is 9.93. The van der Waals surface area contributed by atoms with Gasteiger partial charge < -0.3 is 28.6 Å². The van der Waals surface area contributed by atoms with Crippen molar-refractivity contribution in [1.82, 2.24) is 0 Å². The molecule has 8 nitrogen and oxygen atoms in total. The number of benzene rings is 1. The minimum atomic E-state index is -1.69. The van der Waals surface area contributed by atoms with E-state index in [4.69, 9.17) is 8.83 Å². The van der Waals surface area contributed by atoms with E-state index in [-0.39, 0.29) is 81.1 Å². The minimum absolute atomic E-state index is 0. The van der Waals surface area contributed by atoms with Gasteiger partial charge in [-0.25, -0.2) is 0 Å². The Labute approximate surface area is 176 Å². The van der Waals surface area contributed by atoms with E-state index in [0.717, 1.165) is 24.3 Å². The van der Waals surface area contributed by atoms with Gasteiger partial charge in [0.1, 0.15) is 23.1 Å².